The van der Waals surface area contributed by atoms with Gasteiger partial charge in [-0.05, 0) is 24.5 Å². The maximum Gasteiger partial charge on any atom is 0.168 e. The van der Waals surface area contributed by atoms with Gasteiger partial charge in [0.1, 0.15) is 6.10 Å². The minimum absolute atomic E-state index is 0.00493. The number of aryl methyl sites for hydroxylation is 1. The number of hydrogen-bond acceptors (Lipinski definition) is 3. The van der Waals surface area contributed by atoms with Crippen LogP contribution in [0.15, 0.2) is 24.3 Å². The van der Waals surface area contributed by atoms with E-state index in [9.17, 15) is 13.5 Å². The van der Waals surface area contributed by atoms with Gasteiger partial charge in [-0.1, -0.05) is 54.0 Å². The number of sulfone groups is 1. The Hall–Kier alpha value is -0.390. The molecule has 2 atom stereocenters. The van der Waals surface area contributed by atoms with Gasteiger partial charge >= 0.3 is 0 Å². The first kappa shape index (κ1) is 15.7. The highest BCUT2D eigenvalue weighted by molar-refractivity contribution is 9.11. The van der Waals surface area contributed by atoms with Crippen LogP contribution in [0, 0.1) is 6.92 Å². The van der Waals surface area contributed by atoms with E-state index in [1.807, 2.05) is 19.1 Å². The molecule has 0 fully saturated rings. The molecule has 102 valence electrons. The largest absolute Gasteiger partial charge is 0.386 e. The van der Waals surface area contributed by atoms with Crippen LogP contribution in [-0.2, 0) is 9.84 Å². The zero-order valence-corrected chi connectivity index (χ0v) is 13.3. The summed E-state index contributed by atoms with van der Waals surface area (Å²) in [6, 6.07) is 7.28. The van der Waals surface area contributed by atoms with Crippen LogP contribution in [0.3, 0.4) is 0 Å². The van der Waals surface area contributed by atoms with E-state index in [4.69, 9.17) is 0 Å². The number of alkyl halides is 1. The van der Waals surface area contributed by atoms with E-state index >= 15 is 0 Å². The molecule has 0 spiro atoms. The molecule has 0 heterocycles. The minimum Gasteiger partial charge on any atom is -0.386 e. The third kappa shape index (κ3) is 2.63. The number of aliphatic hydroxyl groups is 1. The molecule has 3 nitrogen and oxygen atoms in total. The molecule has 0 aliphatic heterocycles. The van der Waals surface area contributed by atoms with Crippen LogP contribution in [0.4, 0.5) is 0 Å². The molecule has 1 aromatic rings. The standard InChI is InChI=1S/C13H19BrO3S/c1-4-13(14,18(16,17)5-2)12(15)11-9-7-6-8-10(11)3/h6-9,12,15H,4-5H2,1-3H3/t12-,13-/m0/s1. The highest BCUT2D eigenvalue weighted by Crippen LogP contribution is 2.42. The maximum atomic E-state index is 12.2. The van der Waals surface area contributed by atoms with Gasteiger partial charge in [0, 0.05) is 5.75 Å². The molecule has 0 saturated carbocycles. The van der Waals surface area contributed by atoms with Gasteiger partial charge in [0.2, 0.25) is 0 Å². The van der Waals surface area contributed by atoms with E-state index < -0.39 is 19.6 Å². The van der Waals surface area contributed by atoms with Gasteiger partial charge in [-0.25, -0.2) is 8.42 Å². The van der Waals surface area contributed by atoms with Crippen molar-refractivity contribution in [3.05, 3.63) is 35.4 Å². The van der Waals surface area contributed by atoms with Crippen LogP contribution in [-0.4, -0.2) is 22.9 Å². The summed E-state index contributed by atoms with van der Waals surface area (Å²) in [5.74, 6) is -0.00493. The van der Waals surface area contributed by atoms with Crippen molar-refractivity contribution in [1.82, 2.24) is 0 Å². The van der Waals surface area contributed by atoms with Crippen molar-refractivity contribution in [2.45, 2.75) is 37.0 Å². The minimum atomic E-state index is -3.41. The Morgan fingerprint density at radius 3 is 2.33 bits per heavy atom. The summed E-state index contributed by atoms with van der Waals surface area (Å²) in [4.78, 5) is 0. The van der Waals surface area contributed by atoms with Crippen LogP contribution >= 0.6 is 15.9 Å². The summed E-state index contributed by atoms with van der Waals surface area (Å²) in [6.07, 6.45) is -0.771. The molecular weight excluding hydrogens is 316 g/mol. The van der Waals surface area contributed by atoms with Gasteiger partial charge in [0.05, 0.1) is 0 Å². The van der Waals surface area contributed by atoms with Crippen molar-refractivity contribution in [1.29, 1.82) is 0 Å². The second kappa shape index (κ2) is 5.72. The molecule has 0 bridgehead atoms. The summed E-state index contributed by atoms with van der Waals surface area (Å²) in [5.41, 5.74) is 1.53. The summed E-state index contributed by atoms with van der Waals surface area (Å²) >= 11 is 3.26. The third-order valence-corrected chi connectivity index (χ3v) is 8.05. The SMILES string of the molecule is CC[C@@](Br)([C@@H](O)c1ccccc1C)S(=O)(=O)CC. The van der Waals surface area contributed by atoms with E-state index in [1.165, 1.54) is 0 Å². The van der Waals surface area contributed by atoms with Gasteiger partial charge in [0.15, 0.2) is 13.5 Å². The summed E-state index contributed by atoms with van der Waals surface area (Å²) < 4.78 is 23.0. The lowest BCUT2D eigenvalue weighted by molar-refractivity contribution is 0.159. The summed E-state index contributed by atoms with van der Waals surface area (Å²) in [5, 5.41) is 10.5. The first-order chi connectivity index (χ1) is 8.30. The number of halogens is 1. The lowest BCUT2D eigenvalue weighted by Gasteiger charge is -2.31. The van der Waals surface area contributed by atoms with Crippen LogP contribution in [0.1, 0.15) is 37.5 Å². The molecule has 0 aliphatic carbocycles. The maximum absolute atomic E-state index is 12.2. The van der Waals surface area contributed by atoms with Crippen molar-refractivity contribution in [2.24, 2.45) is 0 Å². The van der Waals surface area contributed by atoms with E-state index in [-0.39, 0.29) is 5.75 Å². The van der Waals surface area contributed by atoms with E-state index in [0.29, 0.717) is 12.0 Å². The number of rotatable bonds is 5. The summed E-state index contributed by atoms with van der Waals surface area (Å²) in [7, 11) is -3.41. The van der Waals surface area contributed by atoms with Gasteiger partial charge in [0.25, 0.3) is 0 Å². The van der Waals surface area contributed by atoms with Crippen molar-refractivity contribution in [2.75, 3.05) is 5.75 Å². The lowest BCUT2D eigenvalue weighted by atomic mass is 10.00. The fraction of sp³-hybridized carbons (Fsp3) is 0.538. The second-order valence-electron chi connectivity index (χ2n) is 4.30. The van der Waals surface area contributed by atoms with Crippen LogP contribution in [0.25, 0.3) is 0 Å². The van der Waals surface area contributed by atoms with E-state index in [0.717, 1.165) is 5.56 Å². The average Bonchev–Trinajstić information content (AvgIpc) is 2.37. The summed E-state index contributed by atoms with van der Waals surface area (Å²) in [6.45, 7) is 5.20. The van der Waals surface area contributed by atoms with Gasteiger partial charge in [-0.2, -0.15) is 0 Å². The Bertz CT molecular complexity index is 513. The van der Waals surface area contributed by atoms with Gasteiger partial charge < -0.3 is 5.11 Å². The van der Waals surface area contributed by atoms with Crippen LogP contribution in [0.2, 0.25) is 0 Å². The number of hydrogen-bond donors (Lipinski definition) is 1. The highest BCUT2D eigenvalue weighted by Gasteiger charge is 2.46. The second-order valence-corrected chi connectivity index (χ2v) is 8.78. The van der Waals surface area contributed by atoms with Crippen LogP contribution < -0.4 is 0 Å². The van der Waals surface area contributed by atoms with Crippen molar-refractivity contribution < 1.29 is 13.5 Å². The molecular formula is C13H19BrO3S. The zero-order valence-electron chi connectivity index (χ0n) is 10.9. The fourth-order valence-corrected chi connectivity index (χ4v) is 4.27. The Morgan fingerprint density at radius 2 is 1.89 bits per heavy atom. The van der Waals surface area contributed by atoms with Crippen LogP contribution in [0.5, 0.6) is 0 Å². The molecule has 0 aromatic heterocycles. The Labute approximate surface area is 117 Å². The molecule has 0 aliphatic rings. The van der Waals surface area contributed by atoms with Gasteiger partial charge in [-0.15, -0.1) is 0 Å². The molecule has 5 heteroatoms. The molecule has 18 heavy (non-hydrogen) atoms. The van der Waals surface area contributed by atoms with Crippen molar-refractivity contribution in [3.8, 4) is 0 Å². The molecule has 1 rings (SSSR count). The van der Waals surface area contributed by atoms with E-state index in [2.05, 4.69) is 15.9 Å². The van der Waals surface area contributed by atoms with Crippen molar-refractivity contribution in [3.63, 3.8) is 0 Å². The molecule has 0 unspecified atom stereocenters. The van der Waals surface area contributed by atoms with E-state index in [1.54, 1.807) is 26.0 Å². The molecule has 1 N–H and O–H groups in total. The highest BCUT2D eigenvalue weighted by atomic mass is 79.9. The molecule has 1 aromatic carbocycles. The zero-order chi connectivity index (χ0) is 14.0. The number of benzene rings is 1. The molecule has 0 radical (unpaired) electrons. The predicted octanol–water partition coefficient (Wildman–Crippen LogP) is 2.96. The monoisotopic (exact) mass is 334 g/mol. The average molecular weight is 335 g/mol. The Morgan fingerprint density at radius 1 is 1.33 bits per heavy atom. The quantitative estimate of drug-likeness (QED) is 0.842. The molecule has 0 saturated heterocycles. The lowest BCUT2D eigenvalue weighted by Crippen LogP contribution is -2.39. The fourth-order valence-electron chi connectivity index (χ4n) is 1.95. The predicted molar refractivity (Wildman–Crippen MR) is 77.5 cm³/mol. The Balaban J connectivity index is 3.31. The first-order valence-electron chi connectivity index (χ1n) is 5.95. The topological polar surface area (TPSA) is 54.4 Å². The first-order valence-corrected chi connectivity index (χ1v) is 8.39. The van der Waals surface area contributed by atoms with Crippen molar-refractivity contribution >= 4 is 25.8 Å². The molecule has 0 amide bonds. The normalized spacial score (nSPS) is 17.2. The smallest absolute Gasteiger partial charge is 0.168 e. The van der Waals surface area contributed by atoms with Gasteiger partial charge in [-0.3, -0.25) is 0 Å². The Kier molecular flexibility index (Phi) is 4.98. The third-order valence-electron chi connectivity index (χ3n) is 3.27. The number of aliphatic hydroxyl groups excluding tert-OH is 1.